The van der Waals surface area contributed by atoms with Crippen LogP contribution in [0.4, 0.5) is 11.5 Å². The van der Waals surface area contributed by atoms with Crippen LogP contribution < -0.4 is 5.32 Å². The first-order valence-electron chi connectivity index (χ1n) is 17.6. The number of carboxylic acid groups (broad SMARTS) is 1. The van der Waals surface area contributed by atoms with E-state index in [1.165, 1.54) is 0 Å². The molecule has 2 aromatic carbocycles. The second-order valence-electron chi connectivity index (χ2n) is 14.1. The van der Waals surface area contributed by atoms with Gasteiger partial charge in [-0.05, 0) is 85.3 Å². The van der Waals surface area contributed by atoms with Crippen LogP contribution in [0.3, 0.4) is 0 Å². The first kappa shape index (κ1) is 33.0. The molecule has 12 nitrogen and oxygen atoms in total. The van der Waals surface area contributed by atoms with Crippen LogP contribution in [0.1, 0.15) is 41.0 Å². The van der Waals surface area contributed by atoms with Gasteiger partial charge in [-0.3, -0.25) is 25.0 Å². The molecule has 0 aliphatic carbocycles. The largest absolute Gasteiger partial charge is 0.481 e. The van der Waals surface area contributed by atoms with E-state index < -0.39 is 5.97 Å². The van der Waals surface area contributed by atoms with E-state index in [0.29, 0.717) is 63.2 Å². The molecule has 2 atom stereocenters. The van der Waals surface area contributed by atoms with Crippen molar-refractivity contribution in [1.29, 1.82) is 5.41 Å². The lowest BCUT2D eigenvalue weighted by atomic mass is 9.93. The molecule has 0 spiro atoms. The maximum Gasteiger partial charge on any atom is 0.307 e. The number of amidine groups is 1. The lowest BCUT2D eigenvalue weighted by Gasteiger charge is -2.23. The molecule has 2 saturated heterocycles. The number of nitrogens with one attached hydrogen (secondary N) is 2. The number of pyridine rings is 2. The number of likely N-dealkylation sites (tertiary alicyclic amines) is 2. The summed E-state index contributed by atoms with van der Waals surface area (Å²) >= 11 is 0. The number of hydrogen-bond donors (Lipinski definition) is 4. The summed E-state index contributed by atoms with van der Waals surface area (Å²) in [7, 11) is 0. The topological polar surface area (TPSA) is 155 Å². The van der Waals surface area contributed by atoms with Gasteiger partial charge in [0.05, 0.1) is 31.7 Å². The van der Waals surface area contributed by atoms with Gasteiger partial charge in [0.1, 0.15) is 22.8 Å². The Morgan fingerprint density at radius 2 is 1.76 bits per heavy atom. The van der Waals surface area contributed by atoms with Crippen molar-refractivity contribution in [1.82, 2.24) is 29.7 Å². The zero-order valence-electron chi connectivity index (χ0n) is 28.9. The summed E-state index contributed by atoms with van der Waals surface area (Å²) in [5.41, 5.74) is 8.95. The average molecular weight is 687 g/mol. The van der Waals surface area contributed by atoms with E-state index in [-0.39, 0.29) is 12.0 Å². The first-order valence-corrected chi connectivity index (χ1v) is 17.6. The molecule has 2 fully saturated rings. The minimum atomic E-state index is -0.763. The van der Waals surface area contributed by atoms with Gasteiger partial charge in [0, 0.05) is 55.2 Å². The highest BCUT2D eigenvalue weighted by molar-refractivity contribution is 5.91. The normalized spacial score (nSPS) is 19.2. The van der Waals surface area contributed by atoms with Gasteiger partial charge in [-0.25, -0.2) is 9.97 Å². The summed E-state index contributed by atoms with van der Waals surface area (Å²) in [5.74, 6) is 1.38. The van der Waals surface area contributed by atoms with E-state index >= 15 is 0 Å². The third kappa shape index (κ3) is 6.58. The van der Waals surface area contributed by atoms with Crippen LogP contribution in [0.2, 0.25) is 0 Å². The molecular weight excluding hydrogens is 644 g/mol. The number of benzene rings is 2. The number of carbonyl (C=O) groups is 1. The van der Waals surface area contributed by atoms with Gasteiger partial charge in [-0.1, -0.05) is 24.3 Å². The Morgan fingerprint density at radius 3 is 2.53 bits per heavy atom. The fourth-order valence-corrected chi connectivity index (χ4v) is 7.68. The van der Waals surface area contributed by atoms with Crippen LogP contribution in [0, 0.1) is 25.2 Å². The monoisotopic (exact) mass is 686 g/mol. The van der Waals surface area contributed by atoms with Crippen LogP contribution >= 0.6 is 0 Å². The minimum absolute atomic E-state index is 0.246. The third-order valence-electron chi connectivity index (χ3n) is 10.6. The fourth-order valence-electron chi connectivity index (χ4n) is 7.68. The zero-order chi connectivity index (χ0) is 35.2. The quantitative estimate of drug-likeness (QED) is 0.114. The highest BCUT2D eigenvalue weighted by atomic mass is 16.4. The van der Waals surface area contributed by atoms with Crippen LogP contribution in [0.15, 0.2) is 65.3 Å². The smallest absolute Gasteiger partial charge is 0.307 e. The summed E-state index contributed by atoms with van der Waals surface area (Å²) in [6.07, 6.45) is 4.91. The molecule has 3 aliphatic heterocycles. The number of aliphatic hydroxyl groups excluding tert-OH is 1. The van der Waals surface area contributed by atoms with Gasteiger partial charge in [-0.15, -0.1) is 0 Å². The summed E-state index contributed by atoms with van der Waals surface area (Å²) < 4.78 is 6.32. The van der Waals surface area contributed by atoms with E-state index in [2.05, 4.69) is 53.3 Å². The van der Waals surface area contributed by atoms with Gasteiger partial charge < -0.3 is 24.8 Å². The van der Waals surface area contributed by atoms with Crippen molar-refractivity contribution in [2.75, 3.05) is 38.0 Å². The predicted molar refractivity (Wildman–Crippen MR) is 195 cm³/mol. The minimum Gasteiger partial charge on any atom is -0.481 e. The van der Waals surface area contributed by atoms with E-state index in [1.54, 1.807) is 0 Å². The Kier molecular flexibility index (Phi) is 8.74. The van der Waals surface area contributed by atoms with Crippen molar-refractivity contribution >= 4 is 34.2 Å². The first-order chi connectivity index (χ1) is 24.7. The predicted octanol–water partition coefficient (Wildman–Crippen LogP) is 5.58. The molecule has 0 saturated carbocycles. The maximum atomic E-state index is 11.3. The molecule has 4 N–H and O–H groups in total. The Labute approximate surface area is 296 Å². The number of β-amino-alcohol motifs (C(OH)–C–C–N with tert-alkyl or cyclic N) is 1. The number of carboxylic acids is 1. The standard InChI is InChI=1S/C39H42N8O4/c1-23-29(5-3-7-31(23)38-44-33-20-47(21-34(33)51-38)35(40)22-46-13-10-27(18-46)39(49)50)30-6-4-8-32(24(30)2)43-37-36-26(9-12-41-37)15-25(16-42-36)17-45-14-11-28(48)19-45/h3-9,12,15-16,27-28,40,48H,10-11,13-14,17-22H2,1-2H3,(H,41,43)(H,49,50)/t27-,28-/m1/s1. The van der Waals surface area contributed by atoms with Gasteiger partial charge in [0.15, 0.2) is 5.82 Å². The SMILES string of the molecule is Cc1c(Nc2nccc3cc(CN4CC[C@@H](O)C4)cnc23)cccc1-c1cccc(-c2nc3c(o2)CN(C(=N)CN2CC[C@@H](C(=O)O)C2)C3)c1C. The number of aliphatic carboxylic acids is 1. The van der Waals surface area contributed by atoms with Gasteiger partial charge in [0.25, 0.3) is 0 Å². The van der Waals surface area contributed by atoms with Crippen molar-refractivity contribution in [2.24, 2.45) is 5.92 Å². The Balaban J connectivity index is 0.983. The van der Waals surface area contributed by atoms with Gasteiger partial charge >= 0.3 is 5.97 Å². The molecule has 0 bridgehead atoms. The van der Waals surface area contributed by atoms with Crippen molar-refractivity contribution < 1.29 is 19.4 Å². The lowest BCUT2D eigenvalue weighted by Crippen LogP contribution is -2.36. The molecule has 0 amide bonds. The third-order valence-corrected chi connectivity index (χ3v) is 10.6. The molecule has 51 heavy (non-hydrogen) atoms. The number of aromatic nitrogens is 3. The number of nitrogens with zero attached hydrogens (tertiary/aromatic N) is 6. The van der Waals surface area contributed by atoms with E-state index in [4.69, 9.17) is 19.8 Å². The van der Waals surface area contributed by atoms with Gasteiger partial charge in [0.2, 0.25) is 5.89 Å². The highest BCUT2D eigenvalue weighted by Gasteiger charge is 2.32. The lowest BCUT2D eigenvalue weighted by molar-refractivity contribution is -0.141. The Bertz CT molecular complexity index is 2120. The maximum absolute atomic E-state index is 11.3. The Morgan fingerprint density at radius 1 is 0.980 bits per heavy atom. The van der Waals surface area contributed by atoms with Crippen LogP contribution in [-0.4, -0.2) is 90.5 Å². The number of oxazole rings is 1. The number of hydrogen-bond acceptors (Lipinski definition) is 10. The molecule has 6 heterocycles. The van der Waals surface area contributed by atoms with Crippen molar-refractivity contribution in [2.45, 2.75) is 52.4 Å². The molecule has 0 unspecified atom stereocenters. The van der Waals surface area contributed by atoms with Crippen LogP contribution in [0.5, 0.6) is 0 Å². The molecule has 0 radical (unpaired) electrons. The fraction of sp³-hybridized carbons (Fsp3) is 0.359. The van der Waals surface area contributed by atoms with Crippen LogP contribution in [0.25, 0.3) is 33.5 Å². The molecule has 8 rings (SSSR count). The van der Waals surface area contributed by atoms with E-state index in [9.17, 15) is 15.0 Å². The molecular formula is C39H42N8O4. The van der Waals surface area contributed by atoms with Crippen molar-refractivity contribution in [3.63, 3.8) is 0 Å². The van der Waals surface area contributed by atoms with Crippen LogP contribution in [-0.2, 0) is 24.4 Å². The second kappa shape index (κ2) is 13.5. The van der Waals surface area contributed by atoms with Gasteiger partial charge in [-0.2, -0.15) is 0 Å². The molecule has 262 valence electrons. The summed E-state index contributed by atoms with van der Waals surface area (Å²) in [5, 5.41) is 32.5. The molecule has 3 aromatic heterocycles. The number of anilines is 2. The summed E-state index contributed by atoms with van der Waals surface area (Å²) in [6, 6.07) is 16.6. The summed E-state index contributed by atoms with van der Waals surface area (Å²) in [6.45, 7) is 9.14. The molecule has 5 aromatic rings. The van der Waals surface area contributed by atoms with Crippen molar-refractivity contribution in [3.8, 4) is 22.6 Å². The molecule has 3 aliphatic rings. The van der Waals surface area contributed by atoms with E-state index in [0.717, 1.165) is 80.9 Å². The highest BCUT2D eigenvalue weighted by Crippen LogP contribution is 2.38. The van der Waals surface area contributed by atoms with Crippen molar-refractivity contribution in [3.05, 3.63) is 89.1 Å². The second-order valence-corrected chi connectivity index (χ2v) is 14.1. The Hall–Kier alpha value is -5.17. The molecule has 12 heteroatoms. The number of aliphatic hydroxyl groups is 1. The van der Waals surface area contributed by atoms with E-state index in [1.807, 2.05) is 46.5 Å². The average Bonchev–Trinajstić information content (AvgIpc) is 3.91. The summed E-state index contributed by atoms with van der Waals surface area (Å²) in [4.78, 5) is 31.9. The number of fused-ring (bicyclic) bond motifs is 2. The number of rotatable bonds is 9. The zero-order valence-corrected chi connectivity index (χ0v) is 28.9.